The monoisotopic (exact) mass is 1150 g/mol. The molecule has 6 heteroatoms. The standard InChI is InChI=1S/C77H128O6/c1-4-7-10-13-16-19-22-25-28-29-30-31-32-33-34-35-36-37-38-39-40-41-42-43-44-45-46-47-50-52-55-58-61-64-67-70-76(79)82-73-74(83-77(80)71-68-65-62-59-56-53-49-27-24-21-18-15-12-9-6-3)72-81-75(78)69-66-63-60-57-54-51-48-26-23-20-17-14-11-8-5-2/h7,9-10,12,16,18-19,21,25-28,30-31,33-34,36-37,48-49,56,59,74H,4-6,8,11,13-15,17,20,22-24,29,32,35,38-47,50-55,57-58,60-73H2,1-3H3/b10-7-,12-9-,19-16-,21-18-,28-25-,31-30-,34-33-,37-36-,48-26-,49-27-,59-56-. The number of carbonyl (C=O) groups is 3. The summed E-state index contributed by atoms with van der Waals surface area (Å²) in [6, 6.07) is 0. The predicted octanol–water partition coefficient (Wildman–Crippen LogP) is 24.1. The van der Waals surface area contributed by atoms with Crippen molar-refractivity contribution in [2.75, 3.05) is 13.2 Å². The van der Waals surface area contributed by atoms with Crippen LogP contribution >= 0.6 is 0 Å². The molecule has 0 saturated carbocycles. The lowest BCUT2D eigenvalue weighted by Gasteiger charge is -2.18. The third kappa shape index (κ3) is 68.2. The van der Waals surface area contributed by atoms with Gasteiger partial charge >= 0.3 is 17.9 Å². The molecule has 0 radical (unpaired) electrons. The molecule has 0 bridgehead atoms. The Kier molecular flexibility index (Phi) is 66.3. The summed E-state index contributed by atoms with van der Waals surface area (Å²) in [7, 11) is 0. The predicted molar refractivity (Wildman–Crippen MR) is 362 cm³/mol. The molecule has 1 unspecified atom stereocenters. The van der Waals surface area contributed by atoms with Crippen molar-refractivity contribution in [1.82, 2.24) is 0 Å². The van der Waals surface area contributed by atoms with Crippen LogP contribution < -0.4 is 0 Å². The summed E-state index contributed by atoms with van der Waals surface area (Å²) in [6.07, 6.45) is 99.2. The summed E-state index contributed by atoms with van der Waals surface area (Å²) in [5.41, 5.74) is 0. The molecule has 83 heavy (non-hydrogen) atoms. The second kappa shape index (κ2) is 70.0. The molecule has 0 N–H and O–H groups in total. The minimum absolute atomic E-state index is 0.0977. The summed E-state index contributed by atoms with van der Waals surface area (Å²) >= 11 is 0. The maximum absolute atomic E-state index is 12.9. The highest BCUT2D eigenvalue weighted by Crippen LogP contribution is 2.16. The molecule has 0 aliphatic heterocycles. The van der Waals surface area contributed by atoms with Gasteiger partial charge in [-0.15, -0.1) is 0 Å². The molecule has 0 spiro atoms. The molecule has 6 nitrogen and oxygen atoms in total. The molecule has 472 valence electrons. The van der Waals surface area contributed by atoms with Gasteiger partial charge in [0.15, 0.2) is 6.10 Å². The van der Waals surface area contributed by atoms with Crippen LogP contribution in [0.1, 0.15) is 316 Å². The van der Waals surface area contributed by atoms with E-state index in [9.17, 15) is 14.4 Å². The van der Waals surface area contributed by atoms with E-state index in [1.807, 2.05) is 0 Å². The average Bonchev–Trinajstić information content (AvgIpc) is 3.49. The molecule has 0 heterocycles. The molecule has 0 saturated heterocycles. The maximum Gasteiger partial charge on any atom is 0.306 e. The zero-order valence-corrected chi connectivity index (χ0v) is 54.2. The molecule has 1 atom stereocenters. The van der Waals surface area contributed by atoms with Gasteiger partial charge in [0.1, 0.15) is 13.2 Å². The van der Waals surface area contributed by atoms with Gasteiger partial charge in [0, 0.05) is 19.3 Å². The van der Waals surface area contributed by atoms with Gasteiger partial charge in [-0.05, 0) is 135 Å². The first-order valence-corrected chi connectivity index (χ1v) is 34.7. The zero-order valence-electron chi connectivity index (χ0n) is 54.2. The van der Waals surface area contributed by atoms with Crippen LogP contribution in [0.15, 0.2) is 134 Å². The molecule has 0 aromatic heterocycles. The second-order valence-corrected chi connectivity index (χ2v) is 22.7. The first-order chi connectivity index (χ1) is 41.0. The molecule has 0 fully saturated rings. The number of esters is 3. The molecule has 0 rings (SSSR count). The first-order valence-electron chi connectivity index (χ1n) is 34.7. The summed E-state index contributed by atoms with van der Waals surface area (Å²) < 4.78 is 16.9. The van der Waals surface area contributed by atoms with Gasteiger partial charge < -0.3 is 14.2 Å². The van der Waals surface area contributed by atoms with Crippen molar-refractivity contribution < 1.29 is 28.6 Å². The van der Waals surface area contributed by atoms with Crippen LogP contribution in [-0.4, -0.2) is 37.2 Å². The lowest BCUT2D eigenvalue weighted by atomic mass is 10.0. The highest BCUT2D eigenvalue weighted by molar-refractivity contribution is 5.71. The van der Waals surface area contributed by atoms with Crippen LogP contribution in [0.4, 0.5) is 0 Å². The summed E-state index contributed by atoms with van der Waals surface area (Å²) in [6.45, 7) is 6.38. The fourth-order valence-electron chi connectivity index (χ4n) is 9.49. The van der Waals surface area contributed by atoms with Crippen LogP contribution in [0.3, 0.4) is 0 Å². The highest BCUT2D eigenvalue weighted by atomic mass is 16.6. The Morgan fingerprint density at radius 2 is 0.470 bits per heavy atom. The van der Waals surface area contributed by atoms with Gasteiger partial charge in [-0.1, -0.05) is 296 Å². The van der Waals surface area contributed by atoms with E-state index >= 15 is 0 Å². The Balaban J connectivity index is 4.21. The molecule has 0 aromatic carbocycles. The number of rotatable bonds is 62. The van der Waals surface area contributed by atoms with E-state index in [-0.39, 0.29) is 37.5 Å². The van der Waals surface area contributed by atoms with Crippen molar-refractivity contribution in [3.8, 4) is 0 Å². The molecular formula is C77H128O6. The number of hydrogen-bond donors (Lipinski definition) is 0. The van der Waals surface area contributed by atoms with E-state index in [1.165, 1.54) is 148 Å². The molecular weight excluding hydrogens is 1020 g/mol. The lowest BCUT2D eigenvalue weighted by Crippen LogP contribution is -2.30. The Labute approximate surface area is 513 Å². The summed E-state index contributed by atoms with van der Waals surface area (Å²) in [5, 5.41) is 0. The van der Waals surface area contributed by atoms with Crippen molar-refractivity contribution in [3.63, 3.8) is 0 Å². The Morgan fingerprint density at radius 3 is 0.771 bits per heavy atom. The summed E-state index contributed by atoms with van der Waals surface area (Å²) in [4.78, 5) is 38.3. The molecule has 0 aliphatic carbocycles. The van der Waals surface area contributed by atoms with Crippen LogP contribution in [0, 0.1) is 0 Å². The van der Waals surface area contributed by atoms with Crippen molar-refractivity contribution in [3.05, 3.63) is 134 Å². The fraction of sp³-hybridized carbons (Fsp3) is 0.675. The van der Waals surface area contributed by atoms with E-state index in [0.717, 1.165) is 122 Å². The van der Waals surface area contributed by atoms with Crippen LogP contribution in [0.2, 0.25) is 0 Å². The second-order valence-electron chi connectivity index (χ2n) is 22.7. The lowest BCUT2D eigenvalue weighted by molar-refractivity contribution is -0.167. The number of unbranched alkanes of at least 4 members (excludes halogenated alkanes) is 29. The van der Waals surface area contributed by atoms with Crippen molar-refractivity contribution in [2.45, 2.75) is 322 Å². The third-order valence-corrected chi connectivity index (χ3v) is 14.6. The highest BCUT2D eigenvalue weighted by Gasteiger charge is 2.19. The van der Waals surface area contributed by atoms with Crippen molar-refractivity contribution in [2.24, 2.45) is 0 Å². The van der Waals surface area contributed by atoms with Crippen LogP contribution in [-0.2, 0) is 28.6 Å². The molecule has 0 aliphatic rings. The van der Waals surface area contributed by atoms with Crippen molar-refractivity contribution >= 4 is 17.9 Å². The molecule has 0 aromatic rings. The van der Waals surface area contributed by atoms with Crippen LogP contribution in [0.25, 0.3) is 0 Å². The smallest absolute Gasteiger partial charge is 0.306 e. The number of carbonyl (C=O) groups excluding carboxylic acids is 3. The van der Waals surface area contributed by atoms with Crippen molar-refractivity contribution in [1.29, 1.82) is 0 Å². The normalized spacial score (nSPS) is 13.0. The SMILES string of the molecule is CC/C=C\C/C=C\C/C=C\C/C=C\C/C=C\C/C=C\CCCCCCCCCCCCCCCCCCC(=O)OCC(COC(=O)CCCCCCC/C=C\CCCCCCCC)OC(=O)CCCC/C=C\C/C=C\C/C=C\C/C=C\CC. The van der Waals surface area contributed by atoms with Crippen LogP contribution in [0.5, 0.6) is 0 Å². The van der Waals surface area contributed by atoms with Gasteiger partial charge in [-0.25, -0.2) is 0 Å². The Hall–Kier alpha value is -4.45. The van der Waals surface area contributed by atoms with E-state index in [2.05, 4.69) is 154 Å². The van der Waals surface area contributed by atoms with E-state index in [0.29, 0.717) is 19.3 Å². The zero-order chi connectivity index (χ0) is 59.9. The average molecular weight is 1150 g/mol. The van der Waals surface area contributed by atoms with Gasteiger partial charge in [0.25, 0.3) is 0 Å². The molecule has 0 amide bonds. The van der Waals surface area contributed by atoms with E-state index in [4.69, 9.17) is 14.2 Å². The largest absolute Gasteiger partial charge is 0.462 e. The minimum atomic E-state index is -0.806. The first kappa shape index (κ1) is 78.5. The van der Waals surface area contributed by atoms with Gasteiger partial charge in [-0.2, -0.15) is 0 Å². The number of hydrogen-bond acceptors (Lipinski definition) is 6. The van der Waals surface area contributed by atoms with Gasteiger partial charge in [-0.3, -0.25) is 14.4 Å². The quantitative estimate of drug-likeness (QED) is 0.0261. The Morgan fingerprint density at radius 1 is 0.253 bits per heavy atom. The Bertz CT molecular complexity index is 1750. The third-order valence-electron chi connectivity index (χ3n) is 14.6. The van der Waals surface area contributed by atoms with E-state index < -0.39 is 6.10 Å². The minimum Gasteiger partial charge on any atom is -0.462 e. The number of allylic oxidation sites excluding steroid dienone is 22. The van der Waals surface area contributed by atoms with Gasteiger partial charge in [0.2, 0.25) is 0 Å². The maximum atomic E-state index is 12.9. The number of ether oxygens (including phenoxy) is 3. The topological polar surface area (TPSA) is 78.9 Å². The van der Waals surface area contributed by atoms with E-state index in [1.54, 1.807) is 0 Å². The van der Waals surface area contributed by atoms with Gasteiger partial charge in [0.05, 0.1) is 0 Å². The summed E-state index contributed by atoms with van der Waals surface area (Å²) in [5.74, 6) is -0.941. The fourth-order valence-corrected chi connectivity index (χ4v) is 9.49.